The van der Waals surface area contributed by atoms with E-state index in [2.05, 4.69) is 5.32 Å². The second kappa shape index (κ2) is 6.32. The Labute approximate surface area is 150 Å². The van der Waals surface area contributed by atoms with Crippen LogP contribution in [0.1, 0.15) is 20.7 Å². The lowest BCUT2D eigenvalue weighted by molar-refractivity contribution is 0.100. The third kappa shape index (κ3) is 2.91. The lowest BCUT2D eigenvalue weighted by atomic mass is 10.1. The number of nitrogens with one attached hydrogen (secondary N) is 1. The van der Waals surface area contributed by atoms with Crippen LogP contribution in [0.15, 0.2) is 36.4 Å². The molecule has 24 heavy (non-hydrogen) atoms. The summed E-state index contributed by atoms with van der Waals surface area (Å²) >= 11 is 12.9. The summed E-state index contributed by atoms with van der Waals surface area (Å²) in [7, 11) is 0. The molecule has 0 unspecified atom stereocenters. The Morgan fingerprint density at radius 2 is 1.75 bits per heavy atom. The van der Waals surface area contributed by atoms with E-state index >= 15 is 0 Å². The molecule has 8 heteroatoms. The van der Waals surface area contributed by atoms with Crippen LogP contribution in [0.25, 0.3) is 10.1 Å². The molecule has 4 N–H and O–H groups in total. The van der Waals surface area contributed by atoms with Crippen molar-refractivity contribution >= 4 is 61.4 Å². The standard InChI is InChI=1S/C16H10Cl2N2O3S/c17-8-3-1-7(2-4-8)15(23)20-16-11(14(19)22)9-5-6-10(21)12(18)13(9)24-16/h1-6,21H,(H2,19,22)(H,20,23). The molecule has 0 aliphatic rings. The van der Waals surface area contributed by atoms with E-state index in [1.54, 1.807) is 24.3 Å². The molecule has 0 saturated carbocycles. The fraction of sp³-hybridized carbons (Fsp3) is 0. The van der Waals surface area contributed by atoms with Crippen molar-refractivity contribution in [2.45, 2.75) is 0 Å². The van der Waals surface area contributed by atoms with E-state index in [1.807, 2.05) is 0 Å². The van der Waals surface area contributed by atoms with Crippen molar-refractivity contribution in [1.82, 2.24) is 0 Å². The summed E-state index contributed by atoms with van der Waals surface area (Å²) in [4.78, 5) is 24.2. The van der Waals surface area contributed by atoms with E-state index in [0.29, 0.717) is 20.7 Å². The van der Waals surface area contributed by atoms with Crippen molar-refractivity contribution < 1.29 is 14.7 Å². The van der Waals surface area contributed by atoms with Gasteiger partial charge in [-0.2, -0.15) is 0 Å². The average molecular weight is 381 g/mol. The Hall–Kier alpha value is -2.28. The largest absolute Gasteiger partial charge is 0.506 e. The van der Waals surface area contributed by atoms with Gasteiger partial charge in [-0.15, -0.1) is 11.3 Å². The van der Waals surface area contributed by atoms with Crippen LogP contribution in [-0.2, 0) is 0 Å². The number of carbonyl (C=O) groups excluding carboxylic acids is 2. The Balaban J connectivity index is 2.07. The van der Waals surface area contributed by atoms with Crippen molar-refractivity contribution in [3.8, 4) is 5.75 Å². The predicted molar refractivity (Wildman–Crippen MR) is 96.4 cm³/mol. The topological polar surface area (TPSA) is 92.4 Å². The van der Waals surface area contributed by atoms with Crippen molar-refractivity contribution in [1.29, 1.82) is 0 Å². The lowest BCUT2D eigenvalue weighted by Crippen LogP contribution is -2.16. The molecule has 122 valence electrons. The van der Waals surface area contributed by atoms with Crippen molar-refractivity contribution in [2.75, 3.05) is 5.32 Å². The summed E-state index contributed by atoms with van der Waals surface area (Å²) in [5.41, 5.74) is 5.97. The molecule has 3 rings (SSSR count). The number of fused-ring (bicyclic) bond motifs is 1. The minimum atomic E-state index is -0.700. The van der Waals surface area contributed by atoms with E-state index in [4.69, 9.17) is 28.9 Å². The Morgan fingerprint density at radius 1 is 1.08 bits per heavy atom. The minimum Gasteiger partial charge on any atom is -0.506 e. The summed E-state index contributed by atoms with van der Waals surface area (Å²) in [5.74, 6) is -1.23. The van der Waals surface area contributed by atoms with Gasteiger partial charge in [0.2, 0.25) is 0 Å². The first-order valence-corrected chi connectivity index (χ1v) is 8.26. The van der Waals surface area contributed by atoms with Gasteiger partial charge in [0.05, 0.1) is 10.3 Å². The Bertz CT molecular complexity index is 968. The highest BCUT2D eigenvalue weighted by Gasteiger charge is 2.21. The van der Waals surface area contributed by atoms with Crippen LogP contribution in [0.5, 0.6) is 5.75 Å². The van der Waals surface area contributed by atoms with Gasteiger partial charge in [-0.1, -0.05) is 23.2 Å². The average Bonchev–Trinajstić information content (AvgIpc) is 2.90. The number of benzene rings is 2. The lowest BCUT2D eigenvalue weighted by Gasteiger charge is -2.05. The van der Waals surface area contributed by atoms with Crippen molar-refractivity contribution in [2.24, 2.45) is 5.73 Å². The number of phenols is 1. The maximum atomic E-state index is 12.3. The van der Waals surface area contributed by atoms with Gasteiger partial charge in [0, 0.05) is 16.0 Å². The SMILES string of the molecule is NC(=O)c1c(NC(=O)c2ccc(Cl)cc2)sc2c(Cl)c(O)ccc12. The molecular formula is C16H10Cl2N2O3S. The van der Waals surface area contributed by atoms with Crippen LogP contribution in [0.2, 0.25) is 10.0 Å². The van der Waals surface area contributed by atoms with Gasteiger partial charge in [-0.3, -0.25) is 9.59 Å². The number of primary amides is 1. The number of phenolic OH excluding ortho intramolecular Hbond substituents is 1. The van der Waals surface area contributed by atoms with Crippen LogP contribution >= 0.6 is 34.5 Å². The van der Waals surface area contributed by atoms with Gasteiger partial charge >= 0.3 is 0 Å². The first-order chi connectivity index (χ1) is 11.4. The molecule has 1 heterocycles. The third-order valence-corrected chi connectivity index (χ3v) is 5.24. The van der Waals surface area contributed by atoms with Crippen molar-refractivity contribution in [3.05, 3.63) is 57.6 Å². The molecule has 0 atom stereocenters. The molecule has 0 aliphatic heterocycles. The molecule has 3 aromatic rings. The molecule has 0 fully saturated rings. The van der Waals surface area contributed by atoms with Gasteiger partial charge in [0.25, 0.3) is 11.8 Å². The van der Waals surface area contributed by atoms with Gasteiger partial charge in [0.1, 0.15) is 15.8 Å². The number of nitrogens with two attached hydrogens (primary N) is 1. The zero-order valence-corrected chi connectivity index (χ0v) is 14.3. The zero-order chi connectivity index (χ0) is 17.4. The molecule has 0 bridgehead atoms. The normalized spacial score (nSPS) is 10.8. The number of hydrogen-bond acceptors (Lipinski definition) is 4. The van der Waals surface area contributed by atoms with E-state index in [1.165, 1.54) is 12.1 Å². The van der Waals surface area contributed by atoms with Crippen LogP contribution < -0.4 is 11.1 Å². The molecule has 2 aromatic carbocycles. The highest BCUT2D eigenvalue weighted by Crippen LogP contribution is 2.42. The number of rotatable bonds is 3. The summed E-state index contributed by atoms with van der Waals surface area (Å²) < 4.78 is 0.469. The molecule has 0 radical (unpaired) electrons. The number of aromatic hydroxyl groups is 1. The number of anilines is 1. The summed E-state index contributed by atoms with van der Waals surface area (Å²) in [6.45, 7) is 0. The zero-order valence-electron chi connectivity index (χ0n) is 12.0. The Kier molecular flexibility index (Phi) is 4.36. The molecule has 0 aliphatic carbocycles. The van der Waals surface area contributed by atoms with Crippen molar-refractivity contribution in [3.63, 3.8) is 0 Å². The van der Waals surface area contributed by atoms with Gasteiger partial charge in [-0.05, 0) is 36.4 Å². The highest BCUT2D eigenvalue weighted by atomic mass is 35.5. The van der Waals surface area contributed by atoms with E-state index in [0.717, 1.165) is 11.3 Å². The maximum absolute atomic E-state index is 12.3. The van der Waals surface area contributed by atoms with Gasteiger partial charge < -0.3 is 16.2 Å². The molecule has 0 saturated heterocycles. The predicted octanol–water partition coefficient (Wildman–Crippen LogP) is 4.26. The quantitative estimate of drug-likeness (QED) is 0.633. The van der Waals surface area contributed by atoms with E-state index < -0.39 is 11.8 Å². The molecular weight excluding hydrogens is 371 g/mol. The first kappa shape index (κ1) is 16.6. The fourth-order valence-corrected chi connectivity index (χ4v) is 3.77. The summed E-state index contributed by atoms with van der Waals surface area (Å²) in [6.07, 6.45) is 0. The number of thiophene rings is 1. The van der Waals surface area contributed by atoms with Gasteiger partial charge in [0.15, 0.2) is 0 Å². The fourth-order valence-electron chi connectivity index (χ4n) is 2.23. The molecule has 0 spiro atoms. The van der Waals surface area contributed by atoms with Crippen LogP contribution in [0.4, 0.5) is 5.00 Å². The monoisotopic (exact) mass is 380 g/mol. The summed E-state index contributed by atoms with van der Waals surface area (Å²) in [6, 6.07) is 9.21. The third-order valence-electron chi connectivity index (χ3n) is 3.36. The maximum Gasteiger partial charge on any atom is 0.256 e. The first-order valence-electron chi connectivity index (χ1n) is 6.69. The van der Waals surface area contributed by atoms with E-state index in [-0.39, 0.29) is 21.3 Å². The number of hydrogen-bond donors (Lipinski definition) is 3. The molecule has 2 amide bonds. The second-order valence-electron chi connectivity index (χ2n) is 4.91. The smallest absolute Gasteiger partial charge is 0.256 e. The minimum absolute atomic E-state index is 0.104. The highest BCUT2D eigenvalue weighted by molar-refractivity contribution is 7.24. The summed E-state index contributed by atoms with van der Waals surface area (Å²) in [5, 5.41) is 13.7. The van der Waals surface area contributed by atoms with Crippen LogP contribution in [0, 0.1) is 0 Å². The molecule has 1 aromatic heterocycles. The Morgan fingerprint density at radius 3 is 2.38 bits per heavy atom. The number of amides is 2. The second-order valence-corrected chi connectivity index (χ2v) is 6.74. The van der Waals surface area contributed by atoms with E-state index in [9.17, 15) is 14.7 Å². The number of carbonyl (C=O) groups is 2. The van der Waals surface area contributed by atoms with Crippen LogP contribution in [-0.4, -0.2) is 16.9 Å². The van der Waals surface area contributed by atoms with Crippen LogP contribution in [0.3, 0.4) is 0 Å². The van der Waals surface area contributed by atoms with Gasteiger partial charge in [-0.25, -0.2) is 0 Å². The number of halogens is 2. The molecule has 5 nitrogen and oxygen atoms in total.